The molecule has 0 radical (unpaired) electrons. The highest BCUT2D eigenvalue weighted by Crippen LogP contribution is 2.12. The van der Waals surface area contributed by atoms with Gasteiger partial charge in [0.05, 0.1) is 11.6 Å². The summed E-state index contributed by atoms with van der Waals surface area (Å²) in [6, 6.07) is 3.43. The third kappa shape index (κ3) is 3.51. The fourth-order valence-corrected chi connectivity index (χ4v) is 1.07. The molecule has 4 N–H and O–H groups in total. The molecule has 0 spiro atoms. The van der Waals surface area contributed by atoms with Gasteiger partial charge in [0.25, 0.3) is 0 Å². The van der Waals surface area contributed by atoms with Gasteiger partial charge in [-0.25, -0.2) is 9.38 Å². The molecule has 0 bridgehead atoms. The fraction of sp³-hybridized carbons (Fsp3) is 0.125. The van der Waals surface area contributed by atoms with E-state index in [1.807, 2.05) is 0 Å². The molecule has 15 heavy (non-hydrogen) atoms. The first kappa shape index (κ1) is 12.0. The van der Waals surface area contributed by atoms with Crippen LogP contribution in [-0.4, -0.2) is 28.9 Å². The summed E-state index contributed by atoms with van der Waals surface area (Å²) in [5.41, 5.74) is 5.55. The van der Waals surface area contributed by atoms with E-state index in [0.29, 0.717) is 0 Å². The largest absolute Gasteiger partial charge is 0.488 e. The zero-order valence-corrected chi connectivity index (χ0v) is 8.45. The maximum Gasteiger partial charge on any atom is 0.488 e. The highest BCUT2D eigenvalue weighted by Gasteiger charge is 2.12. The molecule has 0 unspecified atom stereocenters. The Bertz CT molecular complexity index is 387. The van der Waals surface area contributed by atoms with Crippen LogP contribution in [0, 0.1) is 5.82 Å². The van der Waals surface area contributed by atoms with Gasteiger partial charge in [0, 0.05) is 0 Å². The Labute approximate surface area is 91.3 Å². The predicted octanol–water partition coefficient (Wildman–Crippen LogP) is -0.267. The Morgan fingerprint density at radius 1 is 1.47 bits per heavy atom. The van der Waals surface area contributed by atoms with E-state index in [0.717, 1.165) is 12.1 Å². The first-order chi connectivity index (χ1) is 7.02. The lowest BCUT2D eigenvalue weighted by molar-refractivity contribution is 0.425. The van der Waals surface area contributed by atoms with E-state index >= 15 is 0 Å². The summed E-state index contributed by atoms with van der Waals surface area (Å²) in [6.45, 7) is 0. The molecule has 4 nitrogen and oxygen atoms in total. The highest BCUT2D eigenvalue weighted by atomic mass is 35.5. The Kier molecular flexibility index (Phi) is 4.08. The van der Waals surface area contributed by atoms with Crippen LogP contribution in [0.1, 0.15) is 0 Å². The summed E-state index contributed by atoms with van der Waals surface area (Å²) in [7, 11) is -1.74. The van der Waals surface area contributed by atoms with Gasteiger partial charge >= 0.3 is 7.12 Å². The molecule has 0 saturated carbocycles. The number of alkyl halides is 1. The second-order valence-corrected chi connectivity index (χ2v) is 3.12. The summed E-state index contributed by atoms with van der Waals surface area (Å²) >= 11 is 5.40. The monoisotopic (exact) mass is 230 g/mol. The number of benzene rings is 1. The van der Waals surface area contributed by atoms with Gasteiger partial charge in [-0.2, -0.15) is 0 Å². The van der Waals surface area contributed by atoms with Crippen molar-refractivity contribution >= 4 is 35.7 Å². The van der Waals surface area contributed by atoms with Crippen molar-refractivity contribution in [3.8, 4) is 0 Å². The Morgan fingerprint density at radius 3 is 2.67 bits per heavy atom. The molecular formula is C8H9BClFN2O2. The molecule has 0 aliphatic carbocycles. The standard InChI is InChI=1S/C8H9BClFN2O2/c10-4-8(12)13-7-2-5(9(14)15)1-6(11)3-7/h1-3,14-15H,4H2,(H2,12,13). The van der Waals surface area contributed by atoms with Gasteiger partial charge in [-0.1, -0.05) is 0 Å². The van der Waals surface area contributed by atoms with Crippen molar-refractivity contribution < 1.29 is 14.4 Å². The smallest absolute Gasteiger partial charge is 0.423 e. The van der Waals surface area contributed by atoms with Crippen LogP contribution in [0.4, 0.5) is 10.1 Å². The van der Waals surface area contributed by atoms with Crippen molar-refractivity contribution in [2.24, 2.45) is 10.7 Å². The Morgan fingerprint density at radius 2 is 2.13 bits per heavy atom. The average Bonchev–Trinajstić information content (AvgIpc) is 2.16. The summed E-state index contributed by atoms with van der Waals surface area (Å²) in [5.74, 6) is -0.476. The minimum atomic E-state index is -1.74. The van der Waals surface area contributed by atoms with Crippen LogP contribution in [0.3, 0.4) is 0 Å². The lowest BCUT2D eigenvalue weighted by atomic mass is 9.80. The number of hydrogen-bond donors (Lipinski definition) is 3. The molecule has 0 fully saturated rings. The number of rotatable bonds is 3. The van der Waals surface area contributed by atoms with Crippen LogP contribution in [0.5, 0.6) is 0 Å². The number of aliphatic imine (C=N–C) groups is 1. The van der Waals surface area contributed by atoms with Crippen molar-refractivity contribution in [3.05, 3.63) is 24.0 Å². The maximum atomic E-state index is 13.0. The van der Waals surface area contributed by atoms with E-state index in [9.17, 15) is 4.39 Å². The van der Waals surface area contributed by atoms with E-state index in [2.05, 4.69) is 4.99 Å². The molecule has 0 aliphatic heterocycles. The molecular weight excluding hydrogens is 221 g/mol. The van der Waals surface area contributed by atoms with Gasteiger partial charge in [-0.15, -0.1) is 11.6 Å². The van der Waals surface area contributed by atoms with Crippen molar-refractivity contribution in [2.45, 2.75) is 0 Å². The van der Waals surface area contributed by atoms with Gasteiger partial charge in [0.2, 0.25) is 0 Å². The second-order valence-electron chi connectivity index (χ2n) is 2.85. The number of nitrogens with two attached hydrogens (primary N) is 1. The van der Waals surface area contributed by atoms with Gasteiger partial charge in [-0.3, -0.25) is 0 Å². The molecule has 0 atom stereocenters. The van der Waals surface area contributed by atoms with Gasteiger partial charge in [-0.05, 0) is 23.7 Å². The van der Waals surface area contributed by atoms with Crippen LogP contribution >= 0.6 is 11.6 Å². The summed E-state index contributed by atoms with van der Waals surface area (Å²) in [5, 5.41) is 17.7. The van der Waals surface area contributed by atoms with Gasteiger partial charge in [0.1, 0.15) is 11.7 Å². The van der Waals surface area contributed by atoms with E-state index < -0.39 is 12.9 Å². The number of nitrogens with zero attached hydrogens (tertiary/aromatic N) is 1. The van der Waals surface area contributed by atoms with Crippen molar-refractivity contribution in [2.75, 3.05) is 5.88 Å². The third-order valence-electron chi connectivity index (χ3n) is 1.61. The molecule has 0 heterocycles. The number of halogens is 2. The molecule has 0 amide bonds. The molecule has 0 aromatic heterocycles. The summed E-state index contributed by atoms with van der Waals surface area (Å²) < 4.78 is 13.0. The quantitative estimate of drug-likeness (QED) is 0.289. The Balaban J connectivity index is 3.09. The maximum absolute atomic E-state index is 13.0. The predicted molar refractivity (Wildman–Crippen MR) is 58.2 cm³/mol. The van der Waals surface area contributed by atoms with Crippen molar-refractivity contribution in [1.82, 2.24) is 0 Å². The minimum absolute atomic E-state index is 0.0103. The second kappa shape index (κ2) is 5.11. The number of hydrogen-bond acceptors (Lipinski definition) is 3. The lowest BCUT2D eigenvalue weighted by Crippen LogP contribution is -2.29. The van der Waals surface area contributed by atoms with Crippen LogP contribution in [-0.2, 0) is 0 Å². The summed E-state index contributed by atoms with van der Waals surface area (Å²) in [4.78, 5) is 3.78. The first-order valence-electron chi connectivity index (χ1n) is 4.08. The molecule has 7 heteroatoms. The fourth-order valence-electron chi connectivity index (χ4n) is 1.01. The van der Waals surface area contributed by atoms with E-state index in [-0.39, 0.29) is 22.9 Å². The lowest BCUT2D eigenvalue weighted by Gasteiger charge is -2.02. The SMILES string of the molecule is NC(CCl)=Nc1cc(F)cc(B(O)O)c1. The molecule has 80 valence electrons. The highest BCUT2D eigenvalue weighted by molar-refractivity contribution is 6.58. The van der Waals surface area contributed by atoms with Gasteiger partial charge in [0.15, 0.2) is 0 Å². The van der Waals surface area contributed by atoms with Crippen LogP contribution in [0.2, 0.25) is 0 Å². The molecule has 1 rings (SSSR count). The normalized spacial score (nSPS) is 11.6. The molecule has 0 saturated heterocycles. The minimum Gasteiger partial charge on any atom is -0.423 e. The molecule has 1 aromatic rings. The first-order valence-corrected chi connectivity index (χ1v) is 4.62. The van der Waals surface area contributed by atoms with E-state index in [1.54, 1.807) is 0 Å². The molecule has 0 aliphatic rings. The average molecular weight is 230 g/mol. The van der Waals surface area contributed by atoms with E-state index in [4.69, 9.17) is 27.4 Å². The Hall–Kier alpha value is -1.11. The third-order valence-corrected chi connectivity index (χ3v) is 1.89. The zero-order chi connectivity index (χ0) is 11.4. The van der Waals surface area contributed by atoms with Crippen molar-refractivity contribution in [1.29, 1.82) is 0 Å². The topological polar surface area (TPSA) is 78.8 Å². The number of amidine groups is 1. The van der Waals surface area contributed by atoms with Crippen LogP contribution in [0.15, 0.2) is 23.2 Å². The van der Waals surface area contributed by atoms with Gasteiger partial charge < -0.3 is 15.8 Å². The zero-order valence-electron chi connectivity index (χ0n) is 7.69. The van der Waals surface area contributed by atoms with E-state index in [1.165, 1.54) is 6.07 Å². The molecule has 1 aromatic carbocycles. The van der Waals surface area contributed by atoms with Crippen LogP contribution in [0.25, 0.3) is 0 Å². The van der Waals surface area contributed by atoms with Crippen molar-refractivity contribution in [3.63, 3.8) is 0 Å². The van der Waals surface area contributed by atoms with Crippen LogP contribution < -0.4 is 11.2 Å². The summed E-state index contributed by atoms with van der Waals surface area (Å²) in [6.07, 6.45) is 0.